The number of allylic oxidation sites excluding steroid dienone is 1. The normalized spacial score (nSPS) is 24.8. The number of hydrogen-bond donors (Lipinski definition) is 0. The van der Waals surface area contributed by atoms with Crippen molar-refractivity contribution in [1.82, 2.24) is 4.57 Å². The molecule has 0 spiro atoms. The Kier molecular flexibility index (Phi) is 4.60. The van der Waals surface area contributed by atoms with E-state index in [-0.39, 0.29) is 17.9 Å². The molecule has 0 N–H and O–H groups in total. The minimum atomic E-state index is -0.486. The van der Waals surface area contributed by atoms with Crippen LogP contribution in [-0.4, -0.2) is 17.6 Å². The molecule has 2 rings (SSSR count). The van der Waals surface area contributed by atoms with Crippen LogP contribution in [0.1, 0.15) is 51.5 Å². The average Bonchev–Trinajstić information content (AvgIpc) is 3.10. The fourth-order valence-electron chi connectivity index (χ4n) is 3.49. The molecule has 0 fully saturated rings. The molecule has 0 saturated heterocycles. The van der Waals surface area contributed by atoms with Crippen molar-refractivity contribution < 1.29 is 9.53 Å². The van der Waals surface area contributed by atoms with Gasteiger partial charge in [0.25, 0.3) is 0 Å². The van der Waals surface area contributed by atoms with Gasteiger partial charge < -0.3 is 9.30 Å². The highest BCUT2D eigenvalue weighted by molar-refractivity contribution is 5.80. The van der Waals surface area contributed by atoms with Crippen LogP contribution in [0.25, 0.3) is 0 Å². The molecule has 3 heteroatoms. The molecule has 1 aromatic rings. The third-order valence-corrected chi connectivity index (χ3v) is 4.90. The van der Waals surface area contributed by atoms with Gasteiger partial charge in [0, 0.05) is 11.4 Å². The van der Waals surface area contributed by atoms with Gasteiger partial charge in [0.2, 0.25) is 0 Å². The summed E-state index contributed by atoms with van der Waals surface area (Å²) < 4.78 is 7.48. The minimum Gasteiger partial charge on any atom is -0.468 e. The average molecular weight is 289 g/mol. The highest BCUT2D eigenvalue weighted by atomic mass is 16.5. The zero-order valence-corrected chi connectivity index (χ0v) is 13.8. The van der Waals surface area contributed by atoms with E-state index in [1.165, 1.54) is 18.5 Å². The maximum absolute atomic E-state index is 12.3. The molecule has 1 aliphatic carbocycles. The summed E-state index contributed by atoms with van der Waals surface area (Å²) in [6, 6.07) is 4.67. The van der Waals surface area contributed by atoms with Crippen molar-refractivity contribution in [2.45, 2.75) is 53.0 Å². The molecule has 0 aliphatic heterocycles. The number of carbonyl (C=O) groups excluding carboxylic acids is 1. The highest BCUT2D eigenvalue weighted by Crippen LogP contribution is 2.45. The molecular weight excluding hydrogens is 262 g/mol. The largest absolute Gasteiger partial charge is 0.468 e. The van der Waals surface area contributed by atoms with Crippen molar-refractivity contribution >= 4 is 5.97 Å². The van der Waals surface area contributed by atoms with Crippen LogP contribution in [0.15, 0.2) is 24.3 Å². The Morgan fingerprint density at radius 1 is 1.33 bits per heavy atom. The summed E-state index contributed by atoms with van der Waals surface area (Å²) in [7, 11) is 1.48. The lowest BCUT2D eigenvalue weighted by atomic mass is 9.76. The van der Waals surface area contributed by atoms with Crippen LogP contribution in [0, 0.1) is 11.3 Å². The molecule has 0 bridgehead atoms. The van der Waals surface area contributed by atoms with Crippen LogP contribution in [0.5, 0.6) is 0 Å². The molecule has 3 nitrogen and oxygen atoms in total. The summed E-state index contributed by atoms with van der Waals surface area (Å²) >= 11 is 0. The van der Waals surface area contributed by atoms with E-state index in [0.717, 1.165) is 19.3 Å². The molecule has 1 aliphatic rings. The highest BCUT2D eigenvalue weighted by Gasteiger charge is 2.45. The maximum Gasteiger partial charge on any atom is 0.316 e. The number of aromatic nitrogens is 1. The molecular formula is C18H27NO2. The molecule has 0 amide bonds. The first-order valence-corrected chi connectivity index (χ1v) is 7.96. The molecule has 116 valence electrons. The number of esters is 1. The smallest absolute Gasteiger partial charge is 0.316 e. The number of carbonyl (C=O) groups is 1. The maximum atomic E-state index is 12.3. The Morgan fingerprint density at radius 3 is 2.33 bits per heavy atom. The SMILES string of the molecule is CCc1ccc(CC)n1[C@@H]1C=C[C@@](C(=O)OC)(C(C)C)C1. The molecule has 21 heavy (non-hydrogen) atoms. The van der Waals surface area contributed by atoms with Crippen LogP contribution in [0.4, 0.5) is 0 Å². The first-order chi connectivity index (χ1) is 10.00. The molecule has 0 radical (unpaired) electrons. The van der Waals surface area contributed by atoms with Gasteiger partial charge in [0.05, 0.1) is 18.6 Å². The van der Waals surface area contributed by atoms with E-state index < -0.39 is 5.41 Å². The first kappa shape index (κ1) is 15.9. The molecule has 2 atom stereocenters. The van der Waals surface area contributed by atoms with Crippen LogP contribution < -0.4 is 0 Å². The number of aryl methyl sites for hydroxylation is 2. The quantitative estimate of drug-likeness (QED) is 0.607. The Labute approximate surface area is 128 Å². The second kappa shape index (κ2) is 6.08. The molecule has 0 unspecified atom stereocenters. The van der Waals surface area contributed by atoms with Gasteiger partial charge in [-0.3, -0.25) is 4.79 Å². The van der Waals surface area contributed by atoms with Crippen molar-refractivity contribution in [1.29, 1.82) is 0 Å². The zero-order valence-electron chi connectivity index (χ0n) is 13.8. The fourth-order valence-corrected chi connectivity index (χ4v) is 3.49. The number of ether oxygens (including phenoxy) is 1. The van der Waals surface area contributed by atoms with Gasteiger partial charge in [-0.25, -0.2) is 0 Å². The van der Waals surface area contributed by atoms with E-state index in [1.54, 1.807) is 0 Å². The van der Waals surface area contributed by atoms with Crippen molar-refractivity contribution in [3.05, 3.63) is 35.7 Å². The predicted molar refractivity (Wildman–Crippen MR) is 85.3 cm³/mol. The van der Waals surface area contributed by atoms with Crippen molar-refractivity contribution in [2.24, 2.45) is 11.3 Å². The topological polar surface area (TPSA) is 31.2 Å². The summed E-state index contributed by atoms with van der Waals surface area (Å²) in [5, 5.41) is 0. The van der Waals surface area contributed by atoms with Gasteiger partial charge >= 0.3 is 5.97 Å². The number of methoxy groups -OCH3 is 1. The third kappa shape index (κ3) is 2.54. The van der Waals surface area contributed by atoms with E-state index in [0.29, 0.717) is 0 Å². The lowest BCUT2D eigenvalue weighted by Crippen LogP contribution is -2.35. The molecule has 0 saturated carbocycles. The summed E-state index contributed by atoms with van der Waals surface area (Å²) in [4.78, 5) is 12.3. The number of rotatable bonds is 5. The van der Waals surface area contributed by atoms with Crippen LogP contribution in [-0.2, 0) is 22.4 Å². The molecule has 1 aromatic heterocycles. The van der Waals surface area contributed by atoms with Crippen molar-refractivity contribution in [2.75, 3.05) is 7.11 Å². The van der Waals surface area contributed by atoms with E-state index in [4.69, 9.17) is 4.74 Å². The Balaban J connectivity index is 2.37. The van der Waals surface area contributed by atoms with Gasteiger partial charge in [-0.05, 0) is 37.3 Å². The van der Waals surface area contributed by atoms with Gasteiger partial charge in [0.1, 0.15) is 0 Å². The van der Waals surface area contributed by atoms with E-state index in [2.05, 4.69) is 56.5 Å². The number of nitrogens with zero attached hydrogens (tertiary/aromatic N) is 1. The van der Waals surface area contributed by atoms with Crippen LogP contribution >= 0.6 is 0 Å². The lowest BCUT2D eigenvalue weighted by molar-refractivity contribution is -0.152. The Morgan fingerprint density at radius 2 is 1.90 bits per heavy atom. The standard InChI is InChI=1S/C18H27NO2/c1-6-14-8-9-15(7-2)19(14)16-10-11-18(12-16,13(3)4)17(20)21-5/h8-11,13,16H,6-7,12H2,1-5H3/t16-,18+/m1/s1. The van der Waals surface area contributed by atoms with Crippen LogP contribution in [0.3, 0.4) is 0 Å². The third-order valence-electron chi connectivity index (χ3n) is 4.90. The summed E-state index contributed by atoms with van der Waals surface area (Å²) in [6.45, 7) is 8.56. The zero-order chi connectivity index (χ0) is 15.6. The second-order valence-corrected chi connectivity index (χ2v) is 6.21. The number of hydrogen-bond acceptors (Lipinski definition) is 2. The van der Waals surface area contributed by atoms with Gasteiger partial charge in [-0.1, -0.05) is 39.8 Å². The lowest BCUT2D eigenvalue weighted by Gasteiger charge is -2.30. The summed E-state index contributed by atoms with van der Waals surface area (Å²) in [5.41, 5.74) is 2.19. The predicted octanol–water partition coefficient (Wildman–Crippen LogP) is 3.93. The summed E-state index contributed by atoms with van der Waals surface area (Å²) in [5.74, 6) is 0.122. The minimum absolute atomic E-state index is 0.112. The Hall–Kier alpha value is -1.51. The van der Waals surface area contributed by atoms with Gasteiger partial charge in [-0.15, -0.1) is 0 Å². The van der Waals surface area contributed by atoms with Gasteiger partial charge in [0.15, 0.2) is 0 Å². The van der Waals surface area contributed by atoms with E-state index in [9.17, 15) is 4.79 Å². The van der Waals surface area contributed by atoms with Crippen molar-refractivity contribution in [3.8, 4) is 0 Å². The monoisotopic (exact) mass is 289 g/mol. The summed E-state index contributed by atoms with van der Waals surface area (Å²) in [6.07, 6.45) is 7.09. The van der Waals surface area contributed by atoms with E-state index >= 15 is 0 Å². The van der Waals surface area contributed by atoms with Crippen LogP contribution in [0.2, 0.25) is 0 Å². The van der Waals surface area contributed by atoms with Gasteiger partial charge in [-0.2, -0.15) is 0 Å². The molecule has 1 heterocycles. The fraction of sp³-hybridized carbons (Fsp3) is 0.611. The van der Waals surface area contributed by atoms with E-state index in [1.807, 2.05) is 0 Å². The van der Waals surface area contributed by atoms with Crippen molar-refractivity contribution in [3.63, 3.8) is 0 Å². The second-order valence-electron chi connectivity index (χ2n) is 6.21. The Bertz CT molecular complexity index is 520. The first-order valence-electron chi connectivity index (χ1n) is 7.96. The molecule has 0 aromatic carbocycles.